The van der Waals surface area contributed by atoms with E-state index in [1.54, 1.807) is 60.7 Å². The molecule has 4 aromatic rings. The van der Waals surface area contributed by atoms with E-state index >= 15 is 4.39 Å². The van der Waals surface area contributed by atoms with Crippen molar-refractivity contribution in [3.63, 3.8) is 0 Å². The maximum Gasteiger partial charge on any atom is 0.259 e. The molecule has 6 rings (SSSR count). The van der Waals surface area contributed by atoms with Crippen LogP contribution in [0.5, 0.6) is 0 Å². The number of carbonyl (C=O) groups is 1. The Morgan fingerprint density at radius 3 is 2.82 bits per heavy atom. The normalized spacial score (nSPS) is 19.7. The Hall–Kier alpha value is -3.88. The number of benzene rings is 2. The minimum Gasteiger partial charge on any atom is -0.350 e. The minimum absolute atomic E-state index is 0.0361. The lowest BCUT2D eigenvalue weighted by atomic mass is 9.82. The summed E-state index contributed by atoms with van der Waals surface area (Å²) >= 11 is 0. The van der Waals surface area contributed by atoms with E-state index in [1.807, 2.05) is 0 Å². The molecule has 1 amide bonds. The quantitative estimate of drug-likeness (QED) is 0.466. The zero-order chi connectivity index (χ0) is 23.4. The molecule has 0 saturated carbocycles. The molecule has 0 unspecified atom stereocenters. The molecule has 2 aromatic carbocycles. The lowest BCUT2D eigenvalue weighted by molar-refractivity contribution is 0.0586. The Balaban J connectivity index is 1.29. The van der Waals surface area contributed by atoms with Gasteiger partial charge in [0.05, 0.1) is 23.4 Å². The van der Waals surface area contributed by atoms with Crippen molar-refractivity contribution in [3.8, 4) is 5.69 Å². The SMILES string of the molecule is Cc1ccc(-n2cccn2)c(C(=O)N2CC[C@H]3CN(c4cnc5c(F)cccc5n4)[C@H]3C2)c1F. The fourth-order valence-electron chi connectivity index (χ4n) is 5.01. The summed E-state index contributed by atoms with van der Waals surface area (Å²) in [5.41, 5.74) is 1.61. The third-order valence-electron chi connectivity index (χ3n) is 6.92. The van der Waals surface area contributed by atoms with E-state index in [9.17, 15) is 9.18 Å². The summed E-state index contributed by atoms with van der Waals surface area (Å²) in [5, 5.41) is 4.20. The summed E-state index contributed by atoms with van der Waals surface area (Å²) in [6, 6.07) is 9.89. The van der Waals surface area contributed by atoms with Crippen LogP contribution in [0.4, 0.5) is 14.6 Å². The fraction of sp³-hybridized carbons (Fsp3) is 0.280. The molecule has 0 spiro atoms. The Bertz CT molecular complexity index is 1410. The zero-order valence-corrected chi connectivity index (χ0v) is 18.5. The number of nitrogens with zero attached hydrogens (tertiary/aromatic N) is 6. The maximum atomic E-state index is 15.2. The van der Waals surface area contributed by atoms with Crippen molar-refractivity contribution in [3.05, 3.63) is 77.8 Å². The van der Waals surface area contributed by atoms with E-state index in [0.29, 0.717) is 41.6 Å². The number of amides is 1. The molecule has 7 nitrogen and oxygen atoms in total. The van der Waals surface area contributed by atoms with E-state index in [4.69, 9.17) is 0 Å². The first-order valence-electron chi connectivity index (χ1n) is 11.3. The first kappa shape index (κ1) is 20.7. The number of para-hydroxylation sites is 1. The lowest BCUT2D eigenvalue weighted by Crippen LogP contribution is -2.65. The van der Waals surface area contributed by atoms with Crippen molar-refractivity contribution >= 4 is 22.8 Å². The van der Waals surface area contributed by atoms with Crippen LogP contribution in [0.3, 0.4) is 0 Å². The van der Waals surface area contributed by atoms with Crippen LogP contribution >= 0.6 is 0 Å². The standard InChI is InChI=1S/C25H22F2N6O/c1-15-6-7-19(33-10-3-9-29-33)22(23(15)27)25(34)31-11-8-16-13-32(20(16)14-31)21-12-28-24-17(26)4-2-5-18(24)30-21/h2-7,9-10,12,16,20H,8,11,13-14H2,1H3/t16-,20-/m0/s1. The molecule has 2 fully saturated rings. The number of likely N-dealkylation sites (tertiary alicyclic amines) is 1. The van der Waals surface area contributed by atoms with Crippen molar-refractivity contribution in [2.75, 3.05) is 24.5 Å². The monoisotopic (exact) mass is 460 g/mol. The molecule has 34 heavy (non-hydrogen) atoms. The highest BCUT2D eigenvalue weighted by Gasteiger charge is 2.45. The van der Waals surface area contributed by atoms with Gasteiger partial charge in [0.25, 0.3) is 5.91 Å². The molecule has 0 bridgehead atoms. The summed E-state index contributed by atoms with van der Waals surface area (Å²) in [6.07, 6.45) is 5.70. The first-order chi connectivity index (χ1) is 16.5. The second-order valence-corrected chi connectivity index (χ2v) is 8.90. The number of fused-ring (bicyclic) bond motifs is 2. The van der Waals surface area contributed by atoms with Crippen LogP contribution in [0.15, 0.2) is 55.0 Å². The van der Waals surface area contributed by atoms with E-state index in [2.05, 4.69) is 20.0 Å². The predicted octanol–water partition coefficient (Wildman–Crippen LogP) is 3.75. The van der Waals surface area contributed by atoms with Crippen LogP contribution in [-0.2, 0) is 0 Å². The predicted molar refractivity (Wildman–Crippen MR) is 123 cm³/mol. The molecule has 0 radical (unpaired) electrons. The molecule has 2 aliphatic rings. The third-order valence-corrected chi connectivity index (χ3v) is 6.92. The zero-order valence-electron chi connectivity index (χ0n) is 18.5. The van der Waals surface area contributed by atoms with Gasteiger partial charge in [-0.2, -0.15) is 5.10 Å². The van der Waals surface area contributed by atoms with Crippen molar-refractivity contribution in [2.45, 2.75) is 19.4 Å². The number of aromatic nitrogens is 4. The molecule has 2 saturated heterocycles. The molecule has 9 heteroatoms. The van der Waals surface area contributed by atoms with Crippen LogP contribution in [0.2, 0.25) is 0 Å². The topological polar surface area (TPSA) is 67.2 Å². The molecule has 2 atom stereocenters. The van der Waals surface area contributed by atoms with Gasteiger partial charge in [-0.25, -0.2) is 23.4 Å². The van der Waals surface area contributed by atoms with Crippen LogP contribution in [0, 0.1) is 24.5 Å². The number of halogens is 2. The summed E-state index contributed by atoms with van der Waals surface area (Å²) in [6.45, 7) is 3.48. The highest BCUT2D eigenvalue weighted by Crippen LogP contribution is 2.37. The van der Waals surface area contributed by atoms with Crippen molar-refractivity contribution in [2.24, 2.45) is 5.92 Å². The molecule has 4 heterocycles. The van der Waals surface area contributed by atoms with Crippen molar-refractivity contribution in [1.82, 2.24) is 24.6 Å². The minimum atomic E-state index is -0.520. The highest BCUT2D eigenvalue weighted by atomic mass is 19.1. The number of rotatable bonds is 3. The van der Waals surface area contributed by atoms with Gasteiger partial charge in [0, 0.05) is 37.9 Å². The van der Waals surface area contributed by atoms with Gasteiger partial charge in [-0.05, 0) is 43.2 Å². The number of hydrogen-bond donors (Lipinski definition) is 0. The Kier molecular flexibility index (Phi) is 4.79. The second-order valence-electron chi connectivity index (χ2n) is 8.90. The smallest absolute Gasteiger partial charge is 0.259 e. The summed E-state index contributed by atoms with van der Waals surface area (Å²) in [5.74, 6) is -0.188. The van der Waals surface area contributed by atoms with Gasteiger partial charge in [-0.1, -0.05) is 12.1 Å². The molecular formula is C25H22F2N6O. The van der Waals surface area contributed by atoms with Gasteiger partial charge in [0.2, 0.25) is 0 Å². The van der Waals surface area contributed by atoms with Gasteiger partial charge in [-0.3, -0.25) is 4.79 Å². The highest BCUT2D eigenvalue weighted by molar-refractivity contribution is 5.98. The van der Waals surface area contributed by atoms with Gasteiger partial charge >= 0.3 is 0 Å². The van der Waals surface area contributed by atoms with Gasteiger partial charge < -0.3 is 9.80 Å². The number of anilines is 1. The Labute approximate surface area is 194 Å². The lowest BCUT2D eigenvalue weighted by Gasteiger charge is -2.53. The molecule has 0 aliphatic carbocycles. The third kappa shape index (κ3) is 3.22. The summed E-state index contributed by atoms with van der Waals surface area (Å²) in [4.78, 5) is 26.3. The molecule has 2 aromatic heterocycles. The average molecular weight is 460 g/mol. The molecule has 0 N–H and O–H groups in total. The van der Waals surface area contributed by atoms with Crippen molar-refractivity contribution in [1.29, 1.82) is 0 Å². The fourth-order valence-corrected chi connectivity index (χ4v) is 5.01. The van der Waals surface area contributed by atoms with Gasteiger partial charge in [0.15, 0.2) is 5.82 Å². The van der Waals surface area contributed by atoms with E-state index < -0.39 is 11.6 Å². The molecule has 172 valence electrons. The first-order valence-corrected chi connectivity index (χ1v) is 11.3. The second kappa shape index (κ2) is 7.86. The number of hydrogen-bond acceptors (Lipinski definition) is 5. The van der Waals surface area contributed by atoms with Gasteiger partial charge in [0.1, 0.15) is 22.7 Å². The number of piperidine rings is 1. The van der Waals surface area contributed by atoms with Crippen LogP contribution in [0.25, 0.3) is 16.7 Å². The van der Waals surface area contributed by atoms with Crippen LogP contribution in [-0.4, -0.2) is 56.2 Å². The van der Waals surface area contributed by atoms with Gasteiger partial charge in [-0.15, -0.1) is 0 Å². The number of aryl methyl sites for hydroxylation is 1. The van der Waals surface area contributed by atoms with Crippen LogP contribution in [0.1, 0.15) is 22.3 Å². The van der Waals surface area contributed by atoms with Crippen molar-refractivity contribution < 1.29 is 13.6 Å². The van der Waals surface area contributed by atoms with E-state index in [1.165, 1.54) is 10.7 Å². The summed E-state index contributed by atoms with van der Waals surface area (Å²) in [7, 11) is 0. The summed E-state index contributed by atoms with van der Waals surface area (Å²) < 4.78 is 30.7. The maximum absolute atomic E-state index is 15.2. The van der Waals surface area contributed by atoms with E-state index in [0.717, 1.165) is 13.0 Å². The van der Waals surface area contributed by atoms with Crippen LogP contribution < -0.4 is 4.90 Å². The van der Waals surface area contributed by atoms with E-state index in [-0.39, 0.29) is 23.0 Å². The molecule has 2 aliphatic heterocycles. The molecular weight excluding hydrogens is 438 g/mol. The Morgan fingerprint density at radius 2 is 2.00 bits per heavy atom. The largest absolute Gasteiger partial charge is 0.350 e. The average Bonchev–Trinajstić information content (AvgIpc) is 3.36. The number of carbonyl (C=O) groups excluding carboxylic acids is 1. The Morgan fingerprint density at radius 1 is 1.12 bits per heavy atom.